The molecule has 3 heteroatoms. The van der Waals surface area contributed by atoms with Crippen LogP contribution in [0.15, 0.2) is 48.7 Å². The molecule has 1 aromatic heterocycles. The second-order valence-corrected chi connectivity index (χ2v) is 7.84. The van der Waals surface area contributed by atoms with Gasteiger partial charge in [-0.1, -0.05) is 43.5 Å². The van der Waals surface area contributed by atoms with Gasteiger partial charge in [-0.25, -0.2) is 4.39 Å². The van der Waals surface area contributed by atoms with Crippen molar-refractivity contribution in [2.75, 3.05) is 0 Å². The average Bonchev–Trinajstić information content (AvgIpc) is 2.66. The van der Waals surface area contributed by atoms with Crippen LogP contribution in [0.25, 0.3) is 17.2 Å². The number of hydrogen-bond donors (Lipinski definition) is 1. The molecule has 2 aromatic rings. The third-order valence-corrected chi connectivity index (χ3v) is 6.10. The Morgan fingerprint density at radius 3 is 2.73 bits per heavy atom. The highest BCUT2D eigenvalue weighted by Crippen LogP contribution is 2.44. The highest BCUT2D eigenvalue weighted by Gasteiger charge is 2.37. The summed E-state index contributed by atoms with van der Waals surface area (Å²) in [6.07, 6.45) is 13.0. The third-order valence-electron chi connectivity index (χ3n) is 6.10. The maximum Gasteiger partial charge on any atom is 0.123 e. The Labute approximate surface area is 154 Å². The van der Waals surface area contributed by atoms with Gasteiger partial charge in [0.05, 0.1) is 11.8 Å². The number of rotatable bonds is 3. The minimum Gasteiger partial charge on any atom is -0.393 e. The van der Waals surface area contributed by atoms with E-state index in [9.17, 15) is 9.50 Å². The van der Waals surface area contributed by atoms with Gasteiger partial charge in [0.25, 0.3) is 0 Å². The molecule has 2 fully saturated rings. The van der Waals surface area contributed by atoms with Gasteiger partial charge in [0.1, 0.15) is 5.82 Å². The lowest BCUT2D eigenvalue weighted by Gasteiger charge is -2.42. The molecule has 2 aliphatic carbocycles. The van der Waals surface area contributed by atoms with E-state index >= 15 is 0 Å². The van der Waals surface area contributed by atoms with Crippen LogP contribution in [0.1, 0.15) is 44.2 Å². The van der Waals surface area contributed by atoms with Crippen LogP contribution in [0.2, 0.25) is 0 Å². The number of aromatic nitrogens is 1. The average molecular weight is 351 g/mol. The molecule has 0 unspecified atom stereocenters. The number of aliphatic hydroxyl groups excluding tert-OH is 1. The molecule has 136 valence electrons. The summed E-state index contributed by atoms with van der Waals surface area (Å²) < 4.78 is 13.4. The smallest absolute Gasteiger partial charge is 0.123 e. The molecule has 4 atom stereocenters. The first-order chi connectivity index (χ1) is 12.7. The lowest BCUT2D eigenvalue weighted by atomic mass is 9.64. The minimum absolute atomic E-state index is 0.160. The summed E-state index contributed by atoms with van der Waals surface area (Å²) in [5.74, 6) is 1.62. The highest BCUT2D eigenvalue weighted by molar-refractivity contribution is 5.63. The number of fused-ring (bicyclic) bond motifs is 1. The van der Waals surface area contributed by atoms with E-state index in [1.807, 2.05) is 18.2 Å². The van der Waals surface area contributed by atoms with Gasteiger partial charge in [0, 0.05) is 11.8 Å². The summed E-state index contributed by atoms with van der Waals surface area (Å²) in [6, 6.07) is 10.6. The van der Waals surface area contributed by atoms with Crippen molar-refractivity contribution in [3.05, 3.63) is 60.2 Å². The molecule has 1 heterocycles. The maximum atomic E-state index is 13.4. The summed E-state index contributed by atoms with van der Waals surface area (Å²) in [4.78, 5) is 4.52. The number of nitrogens with zero attached hydrogens (tertiary/aromatic N) is 1. The van der Waals surface area contributed by atoms with Crippen molar-refractivity contribution in [1.82, 2.24) is 4.98 Å². The molecule has 4 rings (SSSR count). The zero-order valence-corrected chi connectivity index (χ0v) is 15.0. The fourth-order valence-electron chi connectivity index (χ4n) is 4.81. The number of hydrogen-bond acceptors (Lipinski definition) is 2. The Morgan fingerprint density at radius 1 is 1.04 bits per heavy atom. The number of allylic oxidation sites excluding steroid dienone is 1. The fourth-order valence-corrected chi connectivity index (χ4v) is 4.81. The quantitative estimate of drug-likeness (QED) is 0.794. The highest BCUT2D eigenvalue weighted by atomic mass is 19.1. The summed E-state index contributed by atoms with van der Waals surface area (Å²) in [5, 5.41) is 10.2. The van der Waals surface area contributed by atoms with Gasteiger partial charge < -0.3 is 5.11 Å². The molecule has 0 radical (unpaired) electrons. The Bertz CT molecular complexity index is 770. The monoisotopic (exact) mass is 351 g/mol. The first-order valence-electron chi connectivity index (χ1n) is 9.77. The van der Waals surface area contributed by atoms with E-state index in [1.165, 1.54) is 37.8 Å². The van der Waals surface area contributed by atoms with Crippen LogP contribution < -0.4 is 0 Å². The number of aliphatic hydroxyl groups is 1. The van der Waals surface area contributed by atoms with E-state index in [4.69, 9.17) is 0 Å². The van der Waals surface area contributed by atoms with Crippen LogP contribution in [0, 0.1) is 23.6 Å². The Kier molecular flexibility index (Phi) is 5.16. The molecule has 1 N–H and O–H groups in total. The van der Waals surface area contributed by atoms with Crippen molar-refractivity contribution >= 4 is 6.08 Å². The van der Waals surface area contributed by atoms with E-state index in [-0.39, 0.29) is 11.9 Å². The van der Waals surface area contributed by atoms with Crippen LogP contribution in [0.4, 0.5) is 4.39 Å². The predicted molar refractivity (Wildman–Crippen MR) is 103 cm³/mol. The van der Waals surface area contributed by atoms with Crippen LogP contribution >= 0.6 is 0 Å². The third kappa shape index (κ3) is 3.88. The summed E-state index contributed by atoms with van der Waals surface area (Å²) in [6.45, 7) is 0. The molecule has 0 spiro atoms. The van der Waals surface area contributed by atoms with Crippen LogP contribution in [0.5, 0.6) is 0 Å². The molecule has 0 bridgehead atoms. The summed E-state index contributed by atoms with van der Waals surface area (Å²) in [5.41, 5.74) is 2.67. The minimum atomic E-state index is -0.232. The number of benzene rings is 1. The van der Waals surface area contributed by atoms with Crippen molar-refractivity contribution in [3.63, 3.8) is 0 Å². The van der Waals surface area contributed by atoms with Gasteiger partial charge in [0.15, 0.2) is 0 Å². The van der Waals surface area contributed by atoms with Gasteiger partial charge in [-0.05, 0) is 66.9 Å². The zero-order chi connectivity index (χ0) is 17.9. The predicted octanol–water partition coefficient (Wildman–Crippen LogP) is 5.48. The van der Waals surface area contributed by atoms with Gasteiger partial charge in [0.2, 0.25) is 0 Å². The Morgan fingerprint density at radius 2 is 1.92 bits per heavy atom. The molecule has 0 amide bonds. The van der Waals surface area contributed by atoms with Gasteiger partial charge >= 0.3 is 0 Å². The van der Waals surface area contributed by atoms with E-state index in [1.54, 1.807) is 12.3 Å². The molecule has 2 aliphatic rings. The van der Waals surface area contributed by atoms with E-state index < -0.39 is 0 Å². The van der Waals surface area contributed by atoms with Crippen LogP contribution in [0.3, 0.4) is 0 Å². The van der Waals surface area contributed by atoms with E-state index in [2.05, 4.69) is 17.1 Å². The van der Waals surface area contributed by atoms with Gasteiger partial charge in [-0.2, -0.15) is 0 Å². The Balaban J connectivity index is 1.48. The van der Waals surface area contributed by atoms with Crippen LogP contribution in [-0.2, 0) is 0 Å². The van der Waals surface area contributed by atoms with Gasteiger partial charge in [-0.3, -0.25) is 4.98 Å². The standard InChI is InChI=1S/C23H26FNO/c24-20-6-3-5-16(12-20)19-9-11-21(25-15-19)10-8-18-14-22(26)13-17-4-1-2-7-23(17)18/h3,5-6,8-12,15,17-18,22-23,26H,1-2,4,7,13-14H2/t17-,18+,22-,23+/m0/s1. The fraction of sp³-hybridized carbons (Fsp3) is 0.435. The molecule has 1 aromatic carbocycles. The summed E-state index contributed by atoms with van der Waals surface area (Å²) >= 11 is 0. The largest absolute Gasteiger partial charge is 0.393 e. The van der Waals surface area contributed by atoms with Crippen molar-refractivity contribution < 1.29 is 9.50 Å². The molecule has 26 heavy (non-hydrogen) atoms. The first-order valence-corrected chi connectivity index (χ1v) is 9.77. The maximum absolute atomic E-state index is 13.4. The van der Waals surface area contributed by atoms with Gasteiger partial charge in [-0.15, -0.1) is 0 Å². The molecule has 0 aliphatic heterocycles. The number of halogens is 1. The SMILES string of the molecule is O[C@H]1C[C@@H]2CCCC[C@H]2[C@H](C=Cc2ccc(-c3cccc(F)c3)cn2)C1. The van der Waals surface area contributed by atoms with Crippen molar-refractivity contribution in [1.29, 1.82) is 0 Å². The zero-order valence-electron chi connectivity index (χ0n) is 15.0. The summed E-state index contributed by atoms with van der Waals surface area (Å²) in [7, 11) is 0. The van der Waals surface area contributed by atoms with Crippen molar-refractivity contribution in [2.45, 2.75) is 44.6 Å². The second kappa shape index (κ2) is 7.71. The Hall–Kier alpha value is -2.00. The first kappa shape index (κ1) is 17.4. The molecular formula is C23H26FNO. The molecule has 0 saturated heterocycles. The normalized spacial score (nSPS) is 28.8. The van der Waals surface area contributed by atoms with E-state index in [0.717, 1.165) is 35.6 Å². The van der Waals surface area contributed by atoms with Crippen molar-refractivity contribution in [3.8, 4) is 11.1 Å². The number of pyridine rings is 1. The molecule has 2 saturated carbocycles. The molecule has 2 nitrogen and oxygen atoms in total. The second-order valence-electron chi connectivity index (χ2n) is 7.84. The van der Waals surface area contributed by atoms with Crippen molar-refractivity contribution in [2.24, 2.45) is 17.8 Å². The lowest BCUT2D eigenvalue weighted by Crippen LogP contribution is -2.36. The van der Waals surface area contributed by atoms with Crippen LogP contribution in [-0.4, -0.2) is 16.2 Å². The lowest BCUT2D eigenvalue weighted by molar-refractivity contribution is 0.0232. The molecular weight excluding hydrogens is 325 g/mol. The topological polar surface area (TPSA) is 33.1 Å². The van der Waals surface area contributed by atoms with E-state index in [0.29, 0.717) is 11.8 Å².